The summed E-state index contributed by atoms with van der Waals surface area (Å²) in [5.41, 5.74) is 0.396. The molecule has 4 heteroatoms. The number of carbonyl (C=O) groups excluding carboxylic acids is 1. The monoisotopic (exact) mass is 219 g/mol. The van der Waals surface area contributed by atoms with Gasteiger partial charge in [0.1, 0.15) is 0 Å². The number of aldehydes is 1. The van der Waals surface area contributed by atoms with Gasteiger partial charge in [-0.15, -0.1) is 6.58 Å². The molecule has 0 saturated heterocycles. The van der Waals surface area contributed by atoms with Gasteiger partial charge in [0.2, 0.25) is 5.95 Å². The molecule has 1 heterocycles. The number of rotatable bonds is 4. The fourth-order valence-electron chi connectivity index (χ4n) is 1.32. The first kappa shape index (κ1) is 12.4. The van der Waals surface area contributed by atoms with Crippen molar-refractivity contribution in [2.75, 3.05) is 11.4 Å². The van der Waals surface area contributed by atoms with Crippen LogP contribution in [-0.2, 0) is 0 Å². The second kappa shape index (κ2) is 4.88. The van der Waals surface area contributed by atoms with E-state index in [0.717, 1.165) is 6.29 Å². The van der Waals surface area contributed by atoms with Crippen LogP contribution in [0.1, 0.15) is 31.1 Å². The molecule has 0 N–H and O–H groups in total. The summed E-state index contributed by atoms with van der Waals surface area (Å²) >= 11 is 0. The summed E-state index contributed by atoms with van der Waals surface area (Å²) in [6.07, 6.45) is 5.59. The van der Waals surface area contributed by atoms with E-state index in [1.807, 2.05) is 11.0 Å². The molecule has 16 heavy (non-hydrogen) atoms. The number of carbonyl (C=O) groups is 1. The highest BCUT2D eigenvalue weighted by Gasteiger charge is 2.22. The lowest BCUT2D eigenvalue weighted by Crippen LogP contribution is -2.42. The van der Waals surface area contributed by atoms with E-state index in [-0.39, 0.29) is 5.54 Å². The Morgan fingerprint density at radius 1 is 1.38 bits per heavy atom. The smallest absolute Gasteiger partial charge is 0.226 e. The summed E-state index contributed by atoms with van der Waals surface area (Å²) in [5.74, 6) is 0.609. The van der Waals surface area contributed by atoms with Gasteiger partial charge in [0.25, 0.3) is 0 Å². The zero-order valence-electron chi connectivity index (χ0n) is 9.97. The van der Waals surface area contributed by atoms with Crippen LogP contribution in [0, 0.1) is 0 Å². The molecule has 0 saturated carbocycles. The van der Waals surface area contributed by atoms with Crippen molar-refractivity contribution in [1.82, 2.24) is 9.97 Å². The van der Waals surface area contributed by atoms with Crippen molar-refractivity contribution in [1.29, 1.82) is 0 Å². The first-order chi connectivity index (χ1) is 7.49. The van der Waals surface area contributed by atoms with Crippen molar-refractivity contribution in [3.05, 3.63) is 30.6 Å². The van der Waals surface area contributed by atoms with E-state index in [1.54, 1.807) is 0 Å². The van der Waals surface area contributed by atoms with E-state index in [2.05, 4.69) is 37.3 Å². The van der Waals surface area contributed by atoms with Gasteiger partial charge in [0.15, 0.2) is 6.29 Å². The molecule has 0 aliphatic carbocycles. The number of nitrogens with zero attached hydrogens (tertiary/aromatic N) is 3. The minimum atomic E-state index is -0.0864. The quantitative estimate of drug-likeness (QED) is 0.574. The molecule has 0 bridgehead atoms. The number of hydrogen-bond acceptors (Lipinski definition) is 4. The summed E-state index contributed by atoms with van der Waals surface area (Å²) < 4.78 is 0. The number of aromatic nitrogens is 2. The fraction of sp³-hybridized carbons (Fsp3) is 0.417. The van der Waals surface area contributed by atoms with Crippen molar-refractivity contribution in [2.45, 2.75) is 26.3 Å². The first-order valence-corrected chi connectivity index (χ1v) is 5.15. The summed E-state index contributed by atoms with van der Waals surface area (Å²) in [4.78, 5) is 20.9. The molecule has 0 atom stereocenters. The molecule has 86 valence electrons. The Morgan fingerprint density at radius 3 is 2.31 bits per heavy atom. The summed E-state index contributed by atoms with van der Waals surface area (Å²) in [5, 5.41) is 0. The van der Waals surface area contributed by atoms with E-state index in [0.29, 0.717) is 18.1 Å². The van der Waals surface area contributed by atoms with Crippen LogP contribution in [0.2, 0.25) is 0 Å². The summed E-state index contributed by atoms with van der Waals surface area (Å²) in [6, 6.07) is 0. The molecule has 0 aromatic carbocycles. The Balaban J connectivity index is 3.01. The van der Waals surface area contributed by atoms with Crippen LogP contribution in [0.4, 0.5) is 5.95 Å². The van der Waals surface area contributed by atoms with Crippen LogP contribution < -0.4 is 4.90 Å². The van der Waals surface area contributed by atoms with Crippen molar-refractivity contribution < 1.29 is 4.79 Å². The average molecular weight is 219 g/mol. The van der Waals surface area contributed by atoms with Crippen molar-refractivity contribution in [3.63, 3.8) is 0 Å². The summed E-state index contributed by atoms with van der Waals surface area (Å²) in [7, 11) is 0. The molecule has 0 unspecified atom stereocenters. The maximum absolute atomic E-state index is 10.5. The van der Waals surface area contributed by atoms with E-state index >= 15 is 0 Å². The lowest BCUT2D eigenvalue weighted by molar-refractivity contribution is 0.112. The van der Waals surface area contributed by atoms with E-state index in [9.17, 15) is 4.79 Å². The minimum absolute atomic E-state index is 0.0864. The lowest BCUT2D eigenvalue weighted by Gasteiger charge is -2.34. The molecule has 0 fully saturated rings. The molecule has 0 amide bonds. The van der Waals surface area contributed by atoms with Crippen LogP contribution in [0.15, 0.2) is 25.0 Å². The van der Waals surface area contributed by atoms with Crippen LogP contribution in [-0.4, -0.2) is 28.3 Å². The highest BCUT2D eigenvalue weighted by atomic mass is 16.1. The normalized spacial score (nSPS) is 10.9. The maximum atomic E-state index is 10.5. The maximum Gasteiger partial charge on any atom is 0.226 e. The van der Waals surface area contributed by atoms with Crippen LogP contribution in [0.25, 0.3) is 0 Å². The van der Waals surface area contributed by atoms with Crippen molar-refractivity contribution in [3.8, 4) is 0 Å². The highest BCUT2D eigenvalue weighted by molar-refractivity contribution is 5.73. The molecule has 1 rings (SSSR count). The Kier molecular flexibility index (Phi) is 3.77. The largest absolute Gasteiger partial charge is 0.332 e. The van der Waals surface area contributed by atoms with Gasteiger partial charge in [-0.05, 0) is 20.8 Å². The van der Waals surface area contributed by atoms with Crippen molar-refractivity contribution >= 4 is 12.2 Å². The molecule has 0 radical (unpaired) electrons. The predicted octanol–water partition coefficient (Wildman–Crippen LogP) is 2.08. The van der Waals surface area contributed by atoms with Gasteiger partial charge in [-0.2, -0.15) is 0 Å². The van der Waals surface area contributed by atoms with E-state index in [4.69, 9.17) is 0 Å². The molecule has 4 nitrogen and oxygen atoms in total. The summed E-state index contributed by atoms with van der Waals surface area (Å²) in [6.45, 7) is 10.6. The minimum Gasteiger partial charge on any atom is -0.332 e. The predicted molar refractivity (Wildman–Crippen MR) is 64.7 cm³/mol. The Bertz CT molecular complexity index is 365. The third-order valence-electron chi connectivity index (χ3n) is 2.16. The zero-order valence-corrected chi connectivity index (χ0v) is 9.97. The molecular formula is C12H17N3O. The Hall–Kier alpha value is -1.71. The molecule has 0 aliphatic rings. The van der Waals surface area contributed by atoms with Crippen LogP contribution in [0.3, 0.4) is 0 Å². The Morgan fingerprint density at radius 2 is 1.94 bits per heavy atom. The average Bonchev–Trinajstić information content (AvgIpc) is 2.25. The standard InChI is InChI=1S/C12H17N3O/c1-5-6-15(12(2,3)4)11-13-7-10(9-16)8-14-11/h5,7-9H,1,6H2,2-4H3. The van der Waals surface area contributed by atoms with Gasteiger partial charge >= 0.3 is 0 Å². The molecule has 1 aromatic rings. The second-order valence-corrected chi connectivity index (χ2v) is 4.50. The van der Waals surface area contributed by atoms with Gasteiger partial charge in [0, 0.05) is 24.5 Å². The van der Waals surface area contributed by atoms with Gasteiger partial charge < -0.3 is 4.90 Å². The van der Waals surface area contributed by atoms with Gasteiger partial charge in [-0.3, -0.25) is 4.79 Å². The third kappa shape index (κ3) is 2.89. The van der Waals surface area contributed by atoms with Gasteiger partial charge in [0.05, 0.1) is 5.56 Å². The molecule has 0 aliphatic heterocycles. The molecular weight excluding hydrogens is 202 g/mol. The third-order valence-corrected chi connectivity index (χ3v) is 2.16. The molecule has 1 aromatic heterocycles. The fourth-order valence-corrected chi connectivity index (χ4v) is 1.32. The van der Waals surface area contributed by atoms with E-state index in [1.165, 1.54) is 12.4 Å². The topological polar surface area (TPSA) is 46.1 Å². The lowest BCUT2D eigenvalue weighted by atomic mass is 10.1. The first-order valence-electron chi connectivity index (χ1n) is 5.15. The highest BCUT2D eigenvalue weighted by Crippen LogP contribution is 2.19. The van der Waals surface area contributed by atoms with Crippen molar-refractivity contribution in [2.24, 2.45) is 0 Å². The zero-order chi connectivity index (χ0) is 12.2. The van der Waals surface area contributed by atoms with Crippen LogP contribution in [0.5, 0.6) is 0 Å². The van der Waals surface area contributed by atoms with Crippen LogP contribution >= 0.6 is 0 Å². The second-order valence-electron chi connectivity index (χ2n) is 4.50. The van der Waals surface area contributed by atoms with Gasteiger partial charge in [-0.1, -0.05) is 6.08 Å². The number of anilines is 1. The SMILES string of the molecule is C=CCN(c1ncc(C=O)cn1)C(C)(C)C. The number of hydrogen-bond donors (Lipinski definition) is 0. The van der Waals surface area contributed by atoms with Gasteiger partial charge in [-0.25, -0.2) is 9.97 Å². The Labute approximate surface area is 96.0 Å². The molecule has 0 spiro atoms. The van der Waals surface area contributed by atoms with E-state index < -0.39 is 0 Å².